The molecule has 0 saturated heterocycles. The normalized spacial score (nSPS) is 17.5. The Morgan fingerprint density at radius 2 is 1.97 bits per heavy atom. The van der Waals surface area contributed by atoms with Crippen LogP contribution in [-0.4, -0.2) is 50.0 Å². The molecule has 2 aromatic heterocycles. The van der Waals surface area contributed by atoms with Crippen LogP contribution in [0.5, 0.6) is 0 Å². The summed E-state index contributed by atoms with van der Waals surface area (Å²) in [6.45, 7) is 5.81. The van der Waals surface area contributed by atoms with Crippen molar-refractivity contribution in [2.45, 2.75) is 45.5 Å². The second-order valence-corrected chi connectivity index (χ2v) is 8.03. The van der Waals surface area contributed by atoms with Gasteiger partial charge in [-0.25, -0.2) is 9.37 Å². The predicted octanol–water partition coefficient (Wildman–Crippen LogP) is 2.48. The molecule has 0 aliphatic carbocycles. The number of benzene rings is 1. The van der Waals surface area contributed by atoms with E-state index < -0.39 is 12.1 Å². The van der Waals surface area contributed by atoms with Crippen LogP contribution in [0.3, 0.4) is 0 Å². The monoisotopic (exact) mass is 439 g/mol. The maximum absolute atomic E-state index is 13.2. The van der Waals surface area contributed by atoms with Crippen LogP contribution in [0, 0.1) is 12.7 Å². The maximum Gasteiger partial charge on any atom is 0.249 e. The molecule has 3 N–H and O–H groups in total. The van der Waals surface area contributed by atoms with Gasteiger partial charge in [-0.1, -0.05) is 12.1 Å². The number of hydrogen-bond donors (Lipinski definition) is 3. The predicted molar refractivity (Wildman–Crippen MR) is 119 cm³/mol. The first-order valence-electron chi connectivity index (χ1n) is 10.4. The molecule has 168 valence electrons. The number of aliphatic hydroxyl groups is 1. The number of aryl methyl sites for hydroxylation is 1. The quantitative estimate of drug-likeness (QED) is 0.541. The minimum Gasteiger partial charge on any atom is -0.391 e. The summed E-state index contributed by atoms with van der Waals surface area (Å²) in [5, 5.41) is 20.4. The average Bonchev–Trinajstić information content (AvgIpc) is 3.22. The van der Waals surface area contributed by atoms with Crippen molar-refractivity contribution < 1.29 is 14.3 Å². The van der Waals surface area contributed by atoms with Crippen molar-refractivity contribution in [1.82, 2.24) is 19.7 Å². The molecule has 1 unspecified atom stereocenters. The molecule has 0 radical (unpaired) electrons. The topological polar surface area (TPSA) is 108 Å². The Hall–Kier alpha value is -3.53. The van der Waals surface area contributed by atoms with E-state index in [4.69, 9.17) is 0 Å². The highest BCUT2D eigenvalue weighted by atomic mass is 19.1. The number of carbonyl (C=O) groups is 1. The van der Waals surface area contributed by atoms with E-state index in [9.17, 15) is 14.3 Å². The van der Waals surface area contributed by atoms with Crippen molar-refractivity contribution in [3.63, 3.8) is 0 Å². The Balaban J connectivity index is 1.49. The number of nitrogens with one attached hydrogen (secondary N) is 2. The van der Waals surface area contributed by atoms with Crippen molar-refractivity contribution in [2.24, 2.45) is 0 Å². The zero-order chi connectivity index (χ0) is 23.0. The first-order valence-corrected chi connectivity index (χ1v) is 10.4. The van der Waals surface area contributed by atoms with E-state index in [1.54, 1.807) is 44.1 Å². The summed E-state index contributed by atoms with van der Waals surface area (Å²) in [4.78, 5) is 23.0. The van der Waals surface area contributed by atoms with Crippen molar-refractivity contribution in [1.29, 1.82) is 0 Å². The molecule has 1 aromatic carbocycles. The second kappa shape index (κ2) is 8.54. The van der Waals surface area contributed by atoms with Gasteiger partial charge in [0.05, 0.1) is 24.0 Å². The standard InChI is InChI=1S/C22H26FN7O2/c1-12-18-20(29(4)19(14(3)31)21(32)27-18)28-22(26-12)24-9-15-10-25-30(11-15)13(2)16-5-7-17(23)8-6-16/h5-8,10-11,13-14,19,31H,9H2,1-4H3,(H,27,32)(H,24,26,28)/t13?,14-,19+/m1/s1. The number of aromatic nitrogens is 4. The summed E-state index contributed by atoms with van der Waals surface area (Å²) in [5.74, 6) is 0.403. The van der Waals surface area contributed by atoms with Crippen molar-refractivity contribution in [3.8, 4) is 0 Å². The van der Waals surface area contributed by atoms with E-state index in [0.717, 1.165) is 11.1 Å². The summed E-state index contributed by atoms with van der Waals surface area (Å²) in [5.41, 5.74) is 3.06. The van der Waals surface area contributed by atoms with Gasteiger partial charge in [-0.2, -0.15) is 10.1 Å². The van der Waals surface area contributed by atoms with Gasteiger partial charge < -0.3 is 20.6 Å². The first-order chi connectivity index (χ1) is 15.2. The summed E-state index contributed by atoms with van der Waals surface area (Å²) in [7, 11) is 1.73. The number of aliphatic hydroxyl groups excluding tert-OH is 1. The number of carbonyl (C=O) groups excluding carboxylic acids is 1. The zero-order valence-corrected chi connectivity index (χ0v) is 18.4. The molecule has 0 bridgehead atoms. The van der Waals surface area contributed by atoms with Gasteiger partial charge in [0.25, 0.3) is 0 Å². The van der Waals surface area contributed by atoms with Gasteiger partial charge in [-0.15, -0.1) is 0 Å². The van der Waals surface area contributed by atoms with Crippen LogP contribution in [0.1, 0.15) is 36.7 Å². The number of anilines is 3. The van der Waals surface area contributed by atoms with E-state index in [0.29, 0.717) is 29.7 Å². The van der Waals surface area contributed by atoms with Gasteiger partial charge in [-0.3, -0.25) is 9.48 Å². The third-order valence-corrected chi connectivity index (χ3v) is 5.65. The number of nitrogens with zero attached hydrogens (tertiary/aromatic N) is 5. The molecule has 3 atom stereocenters. The molecule has 9 nitrogen and oxygen atoms in total. The fourth-order valence-corrected chi connectivity index (χ4v) is 3.84. The minimum absolute atomic E-state index is 0.0405. The molecule has 0 saturated carbocycles. The number of rotatable bonds is 6. The second-order valence-electron chi connectivity index (χ2n) is 8.03. The van der Waals surface area contributed by atoms with Gasteiger partial charge in [-0.05, 0) is 38.5 Å². The largest absolute Gasteiger partial charge is 0.391 e. The Bertz CT molecular complexity index is 1130. The lowest BCUT2D eigenvalue weighted by Crippen LogP contribution is -2.52. The number of amides is 1. The van der Waals surface area contributed by atoms with Crippen LogP contribution >= 0.6 is 0 Å². The van der Waals surface area contributed by atoms with E-state index in [-0.39, 0.29) is 17.8 Å². The Labute approximate surface area is 185 Å². The number of likely N-dealkylation sites (N-methyl/N-ethyl adjacent to an activating group) is 1. The number of halogens is 1. The Kier molecular flexibility index (Phi) is 5.79. The molecule has 10 heteroatoms. The van der Waals surface area contributed by atoms with Crippen LogP contribution in [0.4, 0.5) is 21.8 Å². The number of hydrogen-bond acceptors (Lipinski definition) is 7. The van der Waals surface area contributed by atoms with Crippen molar-refractivity contribution in [2.75, 3.05) is 22.6 Å². The molecular formula is C22H26FN7O2. The first kappa shape index (κ1) is 21.7. The highest BCUT2D eigenvalue weighted by Gasteiger charge is 2.36. The Morgan fingerprint density at radius 1 is 1.25 bits per heavy atom. The average molecular weight is 439 g/mol. The summed E-state index contributed by atoms with van der Waals surface area (Å²) in [6.07, 6.45) is 2.82. The molecule has 4 rings (SSSR count). The maximum atomic E-state index is 13.2. The highest BCUT2D eigenvalue weighted by Crippen LogP contribution is 2.33. The van der Waals surface area contributed by atoms with E-state index in [2.05, 4.69) is 25.7 Å². The summed E-state index contributed by atoms with van der Waals surface area (Å²) >= 11 is 0. The SMILES string of the molecule is Cc1nc(NCc2cnn(C(C)c3ccc(F)cc3)c2)nc2c1NC(=O)[C@H]([C@@H](C)O)N2C. The zero-order valence-electron chi connectivity index (χ0n) is 18.4. The molecule has 1 amide bonds. The number of fused-ring (bicyclic) bond motifs is 1. The van der Waals surface area contributed by atoms with E-state index in [1.165, 1.54) is 12.1 Å². The van der Waals surface area contributed by atoms with Crippen LogP contribution < -0.4 is 15.5 Å². The fourth-order valence-electron chi connectivity index (χ4n) is 3.84. The lowest BCUT2D eigenvalue weighted by Gasteiger charge is -2.36. The van der Waals surface area contributed by atoms with Crippen molar-refractivity contribution in [3.05, 3.63) is 59.3 Å². The molecule has 1 aliphatic heterocycles. The van der Waals surface area contributed by atoms with Gasteiger partial charge in [0.1, 0.15) is 17.5 Å². The Morgan fingerprint density at radius 3 is 2.66 bits per heavy atom. The summed E-state index contributed by atoms with van der Waals surface area (Å²) < 4.78 is 15.0. The third-order valence-electron chi connectivity index (χ3n) is 5.65. The van der Waals surface area contributed by atoms with Crippen LogP contribution in [0.15, 0.2) is 36.7 Å². The third kappa shape index (κ3) is 4.13. The van der Waals surface area contributed by atoms with Crippen LogP contribution in [0.25, 0.3) is 0 Å². The van der Waals surface area contributed by atoms with Gasteiger partial charge in [0.15, 0.2) is 5.82 Å². The van der Waals surface area contributed by atoms with Crippen LogP contribution in [-0.2, 0) is 11.3 Å². The lowest BCUT2D eigenvalue weighted by atomic mass is 10.1. The van der Waals surface area contributed by atoms with E-state index in [1.807, 2.05) is 17.8 Å². The van der Waals surface area contributed by atoms with Crippen molar-refractivity contribution >= 4 is 23.4 Å². The smallest absolute Gasteiger partial charge is 0.249 e. The lowest BCUT2D eigenvalue weighted by molar-refractivity contribution is -0.119. The van der Waals surface area contributed by atoms with Gasteiger partial charge in [0, 0.05) is 25.4 Å². The molecule has 3 aromatic rings. The fraction of sp³-hybridized carbons (Fsp3) is 0.364. The minimum atomic E-state index is -0.853. The summed E-state index contributed by atoms with van der Waals surface area (Å²) in [6, 6.07) is 5.61. The molecule has 3 heterocycles. The molecule has 0 fully saturated rings. The van der Waals surface area contributed by atoms with Gasteiger partial charge >= 0.3 is 0 Å². The molecule has 32 heavy (non-hydrogen) atoms. The van der Waals surface area contributed by atoms with Gasteiger partial charge in [0.2, 0.25) is 11.9 Å². The molecule has 1 aliphatic rings. The molecular weight excluding hydrogens is 413 g/mol. The van der Waals surface area contributed by atoms with E-state index >= 15 is 0 Å². The van der Waals surface area contributed by atoms with Crippen LogP contribution in [0.2, 0.25) is 0 Å². The highest BCUT2D eigenvalue weighted by molar-refractivity contribution is 6.03. The molecule has 0 spiro atoms.